The quantitative estimate of drug-likeness (QED) is 0.309. The van der Waals surface area contributed by atoms with Crippen LogP contribution in [-0.2, 0) is 0 Å². The van der Waals surface area contributed by atoms with Crippen LogP contribution in [0.2, 0.25) is 0 Å². The third-order valence-electron chi connectivity index (χ3n) is 5.79. The van der Waals surface area contributed by atoms with Crippen molar-refractivity contribution >= 4 is 33.1 Å². The van der Waals surface area contributed by atoms with Gasteiger partial charge in [-0.1, -0.05) is 97.1 Å². The summed E-state index contributed by atoms with van der Waals surface area (Å²) in [7, 11) is 1.55. The van der Waals surface area contributed by atoms with Crippen molar-refractivity contribution in [2.75, 3.05) is 7.11 Å². The summed E-state index contributed by atoms with van der Waals surface area (Å²) in [5.74, 6) is 0.0777. The fourth-order valence-electron chi connectivity index (χ4n) is 4.24. The zero-order valence-electron chi connectivity index (χ0n) is 17.5. The standard InChI is InChI=1S/C29H20O3/c1-32-26-18-17-20-10-3-5-13-22(20)27(26)29(31)25-15-7-6-14-24(25)28(30)23-16-8-11-19-9-2-4-12-21(19)23/h2-18H,1H3. The summed E-state index contributed by atoms with van der Waals surface area (Å²) >= 11 is 0. The molecular weight excluding hydrogens is 396 g/mol. The molecule has 5 aromatic rings. The van der Waals surface area contributed by atoms with Crippen LogP contribution in [0, 0.1) is 0 Å². The molecule has 154 valence electrons. The molecule has 0 aliphatic heterocycles. The zero-order valence-corrected chi connectivity index (χ0v) is 17.5. The molecule has 5 rings (SSSR count). The normalized spacial score (nSPS) is 10.9. The first-order chi connectivity index (χ1) is 15.7. The number of fused-ring (bicyclic) bond motifs is 2. The van der Waals surface area contributed by atoms with E-state index in [0.29, 0.717) is 28.0 Å². The van der Waals surface area contributed by atoms with Crippen LogP contribution >= 0.6 is 0 Å². The molecule has 0 bridgehead atoms. The van der Waals surface area contributed by atoms with E-state index in [1.54, 1.807) is 37.4 Å². The van der Waals surface area contributed by atoms with Gasteiger partial charge in [0.05, 0.1) is 12.7 Å². The lowest BCUT2D eigenvalue weighted by atomic mass is 9.89. The van der Waals surface area contributed by atoms with Crippen molar-refractivity contribution in [1.82, 2.24) is 0 Å². The molecule has 0 unspecified atom stereocenters. The first kappa shape index (κ1) is 19.7. The Labute approximate surface area is 185 Å². The highest BCUT2D eigenvalue weighted by atomic mass is 16.5. The summed E-state index contributed by atoms with van der Waals surface area (Å²) < 4.78 is 5.53. The second-order valence-corrected chi connectivity index (χ2v) is 7.59. The number of carbonyl (C=O) groups is 2. The first-order valence-corrected chi connectivity index (χ1v) is 10.4. The van der Waals surface area contributed by atoms with Gasteiger partial charge >= 0.3 is 0 Å². The Morgan fingerprint density at radius 3 is 1.78 bits per heavy atom. The second kappa shape index (κ2) is 8.12. The smallest absolute Gasteiger partial charge is 0.198 e. The average molecular weight is 416 g/mol. The highest BCUT2D eigenvalue weighted by Gasteiger charge is 2.24. The molecule has 0 amide bonds. The van der Waals surface area contributed by atoms with Crippen LogP contribution in [0.4, 0.5) is 0 Å². The van der Waals surface area contributed by atoms with Crippen LogP contribution in [0.1, 0.15) is 31.8 Å². The Bertz CT molecular complexity index is 1490. The molecule has 0 saturated heterocycles. The second-order valence-electron chi connectivity index (χ2n) is 7.59. The molecule has 0 heterocycles. The Morgan fingerprint density at radius 2 is 1.06 bits per heavy atom. The number of ether oxygens (including phenoxy) is 1. The van der Waals surface area contributed by atoms with Crippen molar-refractivity contribution in [3.8, 4) is 5.75 Å². The molecule has 0 N–H and O–H groups in total. The van der Waals surface area contributed by atoms with E-state index in [2.05, 4.69) is 0 Å². The van der Waals surface area contributed by atoms with Gasteiger partial charge in [0.2, 0.25) is 0 Å². The summed E-state index contributed by atoms with van der Waals surface area (Å²) in [4.78, 5) is 27.5. The van der Waals surface area contributed by atoms with Gasteiger partial charge in [0.15, 0.2) is 11.6 Å². The third-order valence-corrected chi connectivity index (χ3v) is 5.79. The maximum absolute atomic E-state index is 13.8. The van der Waals surface area contributed by atoms with Gasteiger partial charge in [0, 0.05) is 16.7 Å². The highest BCUT2D eigenvalue weighted by Crippen LogP contribution is 2.32. The largest absolute Gasteiger partial charge is 0.496 e. The van der Waals surface area contributed by atoms with E-state index in [1.807, 2.05) is 72.8 Å². The summed E-state index contributed by atoms with van der Waals surface area (Å²) in [6, 6.07) is 31.8. The van der Waals surface area contributed by atoms with Crippen LogP contribution < -0.4 is 4.74 Å². The van der Waals surface area contributed by atoms with E-state index in [9.17, 15) is 9.59 Å². The lowest BCUT2D eigenvalue weighted by Gasteiger charge is -2.14. The maximum Gasteiger partial charge on any atom is 0.198 e. The Balaban J connectivity index is 1.69. The van der Waals surface area contributed by atoms with E-state index in [4.69, 9.17) is 4.74 Å². The van der Waals surface area contributed by atoms with Gasteiger partial charge in [0.25, 0.3) is 0 Å². The number of rotatable bonds is 5. The van der Waals surface area contributed by atoms with Crippen LogP contribution in [0.5, 0.6) is 5.75 Å². The summed E-state index contributed by atoms with van der Waals surface area (Å²) in [6.45, 7) is 0. The van der Waals surface area contributed by atoms with Crippen LogP contribution in [0.25, 0.3) is 21.5 Å². The van der Waals surface area contributed by atoms with Crippen molar-refractivity contribution < 1.29 is 14.3 Å². The molecule has 32 heavy (non-hydrogen) atoms. The van der Waals surface area contributed by atoms with Crippen molar-refractivity contribution in [1.29, 1.82) is 0 Å². The first-order valence-electron chi connectivity index (χ1n) is 10.4. The molecule has 0 aromatic heterocycles. The molecule has 3 heteroatoms. The Kier molecular flexibility index (Phi) is 5.00. The molecule has 0 saturated carbocycles. The summed E-state index contributed by atoms with van der Waals surface area (Å²) in [5.41, 5.74) is 1.78. The maximum atomic E-state index is 13.8. The van der Waals surface area contributed by atoms with Crippen molar-refractivity contribution in [3.63, 3.8) is 0 Å². The monoisotopic (exact) mass is 416 g/mol. The van der Waals surface area contributed by atoms with Crippen LogP contribution in [0.15, 0.2) is 103 Å². The van der Waals surface area contributed by atoms with Gasteiger partial charge < -0.3 is 4.74 Å². The minimum absolute atomic E-state index is 0.176. The minimum atomic E-state index is -0.233. The zero-order chi connectivity index (χ0) is 22.1. The SMILES string of the molecule is COc1ccc2ccccc2c1C(=O)c1ccccc1C(=O)c1cccc2ccccc12. The number of hydrogen-bond donors (Lipinski definition) is 0. The number of hydrogen-bond acceptors (Lipinski definition) is 3. The lowest BCUT2D eigenvalue weighted by Crippen LogP contribution is -2.12. The summed E-state index contributed by atoms with van der Waals surface area (Å²) in [6.07, 6.45) is 0. The molecule has 0 atom stereocenters. The van der Waals surface area contributed by atoms with Gasteiger partial charge in [-0.2, -0.15) is 0 Å². The molecule has 0 aliphatic rings. The lowest BCUT2D eigenvalue weighted by molar-refractivity contribution is 0.100. The molecule has 0 aliphatic carbocycles. The van der Waals surface area contributed by atoms with Gasteiger partial charge in [-0.15, -0.1) is 0 Å². The molecule has 3 nitrogen and oxygen atoms in total. The van der Waals surface area contributed by atoms with Gasteiger partial charge in [-0.3, -0.25) is 9.59 Å². The molecule has 0 fully saturated rings. The molecule has 0 spiro atoms. The topological polar surface area (TPSA) is 43.4 Å². The number of methoxy groups -OCH3 is 1. The third kappa shape index (κ3) is 3.25. The number of ketones is 2. The van der Waals surface area contributed by atoms with Crippen LogP contribution in [-0.4, -0.2) is 18.7 Å². The van der Waals surface area contributed by atoms with E-state index in [-0.39, 0.29) is 11.6 Å². The number of benzene rings is 5. The highest BCUT2D eigenvalue weighted by molar-refractivity contribution is 6.25. The predicted molar refractivity (Wildman–Crippen MR) is 128 cm³/mol. The van der Waals surface area contributed by atoms with Crippen molar-refractivity contribution in [2.24, 2.45) is 0 Å². The van der Waals surface area contributed by atoms with E-state index in [0.717, 1.165) is 21.5 Å². The van der Waals surface area contributed by atoms with Gasteiger partial charge in [-0.25, -0.2) is 0 Å². The Morgan fingerprint density at radius 1 is 0.531 bits per heavy atom. The van der Waals surface area contributed by atoms with E-state index in [1.165, 1.54) is 0 Å². The van der Waals surface area contributed by atoms with Gasteiger partial charge in [0.1, 0.15) is 5.75 Å². The fraction of sp³-hybridized carbons (Fsp3) is 0.0345. The average Bonchev–Trinajstić information content (AvgIpc) is 2.86. The van der Waals surface area contributed by atoms with E-state index < -0.39 is 0 Å². The molecular formula is C29H20O3. The van der Waals surface area contributed by atoms with Crippen LogP contribution in [0.3, 0.4) is 0 Å². The Hall–Kier alpha value is -4.24. The summed E-state index contributed by atoms with van der Waals surface area (Å²) in [5, 5.41) is 3.58. The molecule has 5 aromatic carbocycles. The van der Waals surface area contributed by atoms with Gasteiger partial charge in [-0.05, 0) is 27.6 Å². The van der Waals surface area contributed by atoms with Crippen molar-refractivity contribution in [2.45, 2.75) is 0 Å². The molecule has 0 radical (unpaired) electrons. The minimum Gasteiger partial charge on any atom is -0.496 e. The van der Waals surface area contributed by atoms with Crippen molar-refractivity contribution in [3.05, 3.63) is 125 Å². The predicted octanol–water partition coefficient (Wildman–Crippen LogP) is 6.46. The fourth-order valence-corrected chi connectivity index (χ4v) is 4.24. The van der Waals surface area contributed by atoms with E-state index >= 15 is 0 Å². The number of carbonyl (C=O) groups excluding carboxylic acids is 2.